The summed E-state index contributed by atoms with van der Waals surface area (Å²) in [7, 11) is 0. The van der Waals surface area contributed by atoms with Crippen molar-refractivity contribution in [1.29, 1.82) is 0 Å². The second-order valence-corrected chi connectivity index (χ2v) is 8.02. The maximum absolute atomic E-state index is 12.8. The zero-order valence-corrected chi connectivity index (χ0v) is 17.1. The number of amides is 2. The highest BCUT2D eigenvalue weighted by atomic mass is 32.1. The lowest BCUT2D eigenvalue weighted by Gasteiger charge is -2.23. The Morgan fingerprint density at radius 1 is 1.43 bits per heavy atom. The molecule has 2 heterocycles. The van der Waals surface area contributed by atoms with Gasteiger partial charge in [-0.3, -0.25) is 9.59 Å². The molecule has 2 amide bonds. The highest BCUT2D eigenvalue weighted by Crippen LogP contribution is 2.33. The van der Waals surface area contributed by atoms with Crippen LogP contribution in [0.2, 0.25) is 0 Å². The van der Waals surface area contributed by atoms with Crippen LogP contribution < -0.4 is 20.1 Å². The number of aromatic nitrogens is 1. The summed E-state index contributed by atoms with van der Waals surface area (Å²) in [5.74, 6) is 0.608. The van der Waals surface area contributed by atoms with Gasteiger partial charge < -0.3 is 25.2 Å². The number of nitrogens with one attached hydrogen (secondary N) is 2. The van der Waals surface area contributed by atoms with Crippen LogP contribution in [-0.4, -0.2) is 35.1 Å². The highest BCUT2D eigenvalue weighted by Gasteiger charge is 2.30. The molecule has 0 fully saturated rings. The molecule has 1 unspecified atom stereocenters. The molecular formula is C21H21N3O5S. The topological polar surface area (TPSA) is 110 Å². The van der Waals surface area contributed by atoms with E-state index in [4.69, 9.17) is 14.6 Å². The number of thiazole rings is 1. The Hall–Kier alpha value is -3.17. The molecule has 1 aliphatic carbocycles. The molecule has 3 N–H and O–H groups in total. The van der Waals surface area contributed by atoms with Crippen LogP contribution in [0.1, 0.15) is 28.6 Å². The molecule has 0 radical (unpaired) electrons. The first-order chi connectivity index (χ1) is 14.5. The van der Waals surface area contributed by atoms with Crippen molar-refractivity contribution >= 4 is 23.2 Å². The first kappa shape index (κ1) is 20.1. The second kappa shape index (κ2) is 8.68. The number of hydrogen-bond acceptors (Lipinski definition) is 7. The van der Waals surface area contributed by atoms with Crippen molar-refractivity contribution in [2.45, 2.75) is 19.9 Å². The zero-order valence-electron chi connectivity index (χ0n) is 16.3. The van der Waals surface area contributed by atoms with Crippen LogP contribution in [0.4, 0.5) is 0 Å². The lowest BCUT2D eigenvalue weighted by molar-refractivity contribution is -0.118. The molecule has 0 saturated carbocycles. The lowest BCUT2D eigenvalue weighted by Crippen LogP contribution is -2.31. The van der Waals surface area contributed by atoms with Gasteiger partial charge in [0.15, 0.2) is 0 Å². The lowest BCUT2D eigenvalue weighted by atomic mass is 9.90. The minimum atomic E-state index is -0.263. The molecule has 1 aromatic heterocycles. The van der Waals surface area contributed by atoms with Gasteiger partial charge in [-0.15, -0.1) is 0 Å². The Bertz CT molecular complexity index is 1040. The fraction of sp³-hybridized carbons (Fsp3) is 0.286. The van der Waals surface area contributed by atoms with E-state index in [0.29, 0.717) is 46.5 Å². The molecule has 8 nitrogen and oxygen atoms in total. The average Bonchev–Trinajstić information content (AvgIpc) is 3.15. The first-order valence-corrected chi connectivity index (χ1v) is 10.4. The maximum atomic E-state index is 12.8. The molecular weight excluding hydrogens is 406 g/mol. The molecule has 9 heteroatoms. The van der Waals surface area contributed by atoms with E-state index in [1.165, 1.54) is 11.3 Å². The molecule has 1 aliphatic heterocycles. The third kappa shape index (κ3) is 4.22. The van der Waals surface area contributed by atoms with Crippen LogP contribution in [0.5, 0.6) is 10.9 Å². The van der Waals surface area contributed by atoms with Crippen LogP contribution in [0.25, 0.3) is 0 Å². The quantitative estimate of drug-likeness (QED) is 0.652. The van der Waals surface area contributed by atoms with Crippen molar-refractivity contribution in [3.05, 3.63) is 64.0 Å². The van der Waals surface area contributed by atoms with Gasteiger partial charge in [-0.2, -0.15) is 0 Å². The largest absolute Gasteiger partial charge is 0.468 e. The zero-order chi connectivity index (χ0) is 21.1. The molecule has 2 aliphatic rings. The number of aliphatic hydroxyl groups excluding tert-OH is 1. The van der Waals surface area contributed by atoms with E-state index in [1.54, 1.807) is 30.5 Å². The summed E-state index contributed by atoms with van der Waals surface area (Å²) in [6.07, 6.45) is 3.82. The standard InChI is InChI=1S/C21H21N3O5S/c1-12-8-18-16(24-20(27)14-4-2-3-5-17(14)29-18)9-15(12)19(26)22-10-13-11-23-21(30-13)28-7-6-25/h2-5,9,11-12,25H,6-8,10H2,1H3,(H,22,26)(H,24,27). The van der Waals surface area contributed by atoms with E-state index in [9.17, 15) is 9.59 Å². The summed E-state index contributed by atoms with van der Waals surface area (Å²) in [4.78, 5) is 30.2. The van der Waals surface area contributed by atoms with Gasteiger partial charge in [-0.25, -0.2) is 4.98 Å². The van der Waals surface area contributed by atoms with Gasteiger partial charge in [-0.05, 0) is 24.1 Å². The fourth-order valence-corrected chi connectivity index (χ4v) is 4.00. The van der Waals surface area contributed by atoms with Gasteiger partial charge in [0.2, 0.25) is 5.91 Å². The number of fused-ring (bicyclic) bond motifs is 1. The minimum Gasteiger partial charge on any atom is -0.468 e. The van der Waals surface area contributed by atoms with Gasteiger partial charge in [0.25, 0.3) is 11.1 Å². The number of ether oxygens (including phenoxy) is 2. The van der Waals surface area contributed by atoms with E-state index >= 15 is 0 Å². The van der Waals surface area contributed by atoms with Gasteiger partial charge in [-0.1, -0.05) is 30.4 Å². The first-order valence-electron chi connectivity index (χ1n) is 9.54. The average molecular weight is 427 g/mol. The minimum absolute atomic E-state index is 0.0733. The van der Waals surface area contributed by atoms with E-state index < -0.39 is 0 Å². The number of allylic oxidation sites excluding steroid dienone is 2. The Morgan fingerprint density at radius 3 is 3.10 bits per heavy atom. The summed E-state index contributed by atoms with van der Waals surface area (Å²) < 4.78 is 11.2. The number of nitrogens with zero attached hydrogens (tertiary/aromatic N) is 1. The molecule has 2 aromatic rings. The van der Waals surface area contributed by atoms with Crippen molar-refractivity contribution in [3.63, 3.8) is 0 Å². The Balaban J connectivity index is 1.46. The third-order valence-electron chi connectivity index (χ3n) is 4.77. The molecule has 0 saturated heterocycles. The number of para-hydroxylation sites is 1. The Morgan fingerprint density at radius 2 is 2.27 bits per heavy atom. The van der Waals surface area contributed by atoms with Crippen molar-refractivity contribution in [2.24, 2.45) is 5.92 Å². The highest BCUT2D eigenvalue weighted by molar-refractivity contribution is 7.13. The van der Waals surface area contributed by atoms with Crippen LogP contribution in [-0.2, 0) is 11.3 Å². The number of carbonyl (C=O) groups excluding carboxylic acids is 2. The van der Waals surface area contributed by atoms with Gasteiger partial charge in [0.1, 0.15) is 18.1 Å². The van der Waals surface area contributed by atoms with Gasteiger partial charge >= 0.3 is 0 Å². The summed E-state index contributed by atoms with van der Waals surface area (Å²) >= 11 is 1.31. The van der Waals surface area contributed by atoms with Gasteiger partial charge in [0, 0.05) is 23.1 Å². The van der Waals surface area contributed by atoms with E-state index in [1.807, 2.05) is 13.0 Å². The number of rotatable bonds is 6. The second-order valence-electron chi connectivity index (χ2n) is 6.94. The van der Waals surface area contributed by atoms with E-state index in [0.717, 1.165) is 4.88 Å². The predicted molar refractivity (Wildman–Crippen MR) is 110 cm³/mol. The molecule has 0 bridgehead atoms. The Labute approximate surface area is 177 Å². The third-order valence-corrected chi connectivity index (χ3v) is 5.68. The summed E-state index contributed by atoms with van der Waals surface area (Å²) in [5, 5.41) is 15.0. The summed E-state index contributed by atoms with van der Waals surface area (Å²) in [6, 6.07) is 7.06. The van der Waals surface area contributed by atoms with Crippen molar-refractivity contribution in [1.82, 2.24) is 15.6 Å². The predicted octanol–water partition coefficient (Wildman–Crippen LogP) is 2.13. The summed E-state index contributed by atoms with van der Waals surface area (Å²) in [6.45, 7) is 2.35. The number of benzene rings is 1. The van der Waals surface area contributed by atoms with Crippen LogP contribution in [0, 0.1) is 5.92 Å². The van der Waals surface area contributed by atoms with E-state index in [-0.39, 0.29) is 30.9 Å². The van der Waals surface area contributed by atoms with Crippen LogP contribution in [0.15, 0.2) is 53.6 Å². The number of aliphatic hydroxyl groups is 1. The van der Waals surface area contributed by atoms with E-state index in [2.05, 4.69) is 15.6 Å². The maximum Gasteiger partial charge on any atom is 0.273 e. The molecule has 1 aromatic carbocycles. The number of hydrogen-bond donors (Lipinski definition) is 3. The molecule has 1 atom stereocenters. The van der Waals surface area contributed by atoms with Crippen LogP contribution >= 0.6 is 11.3 Å². The summed E-state index contributed by atoms with van der Waals surface area (Å²) in [5.41, 5.74) is 1.55. The molecule has 4 rings (SSSR count). The smallest absolute Gasteiger partial charge is 0.273 e. The molecule has 156 valence electrons. The molecule has 0 spiro atoms. The number of carbonyl (C=O) groups is 2. The van der Waals surface area contributed by atoms with Gasteiger partial charge in [0.05, 0.1) is 24.4 Å². The monoisotopic (exact) mass is 427 g/mol. The molecule has 30 heavy (non-hydrogen) atoms. The fourth-order valence-electron chi connectivity index (χ4n) is 3.27. The van der Waals surface area contributed by atoms with Crippen molar-refractivity contribution < 1.29 is 24.2 Å². The van der Waals surface area contributed by atoms with Crippen molar-refractivity contribution in [2.75, 3.05) is 13.2 Å². The normalized spacial score (nSPS) is 17.7. The van der Waals surface area contributed by atoms with Crippen molar-refractivity contribution in [3.8, 4) is 10.9 Å². The Kier molecular flexibility index (Phi) is 5.82. The van der Waals surface area contributed by atoms with Crippen LogP contribution in [0.3, 0.4) is 0 Å². The SMILES string of the molecule is CC1CC2=C(C=C1C(=O)NCc1cnc(OCCO)s1)NC(=O)c1ccccc1O2.